The molecule has 0 amide bonds. The Balaban J connectivity index is 1.71. The molecule has 1 saturated carbocycles. The Bertz CT molecular complexity index is 273. The van der Waals surface area contributed by atoms with Gasteiger partial charge in [-0.15, -0.1) is 0 Å². The third-order valence-electron chi connectivity index (χ3n) is 5.76. The van der Waals surface area contributed by atoms with E-state index in [-0.39, 0.29) is 0 Å². The molecule has 4 rings (SSSR count). The van der Waals surface area contributed by atoms with Crippen molar-refractivity contribution in [2.24, 2.45) is 17.6 Å². The molecule has 0 aromatic carbocycles. The smallest absolute Gasteiger partial charge is 0.0255 e. The molecular formula is C15H29N3. The van der Waals surface area contributed by atoms with E-state index in [1.165, 1.54) is 58.3 Å². The van der Waals surface area contributed by atoms with Crippen molar-refractivity contribution in [2.45, 2.75) is 51.1 Å². The zero-order valence-corrected chi connectivity index (χ0v) is 11.9. The van der Waals surface area contributed by atoms with Crippen LogP contribution in [0, 0.1) is 11.8 Å². The van der Waals surface area contributed by atoms with E-state index in [1.807, 2.05) is 0 Å². The lowest BCUT2D eigenvalue weighted by molar-refractivity contribution is -0.0189. The predicted octanol–water partition coefficient (Wildman–Crippen LogP) is 1.53. The lowest BCUT2D eigenvalue weighted by Crippen LogP contribution is -2.60. The number of fused-ring (bicyclic) bond motifs is 3. The Labute approximate surface area is 112 Å². The first-order valence-electron chi connectivity index (χ1n) is 8.01. The molecule has 2 N–H and O–H groups in total. The predicted molar refractivity (Wildman–Crippen MR) is 75.5 cm³/mol. The summed E-state index contributed by atoms with van der Waals surface area (Å²) in [6.45, 7) is 8.49. The van der Waals surface area contributed by atoms with E-state index in [2.05, 4.69) is 16.7 Å². The van der Waals surface area contributed by atoms with Crippen LogP contribution in [-0.2, 0) is 0 Å². The third kappa shape index (κ3) is 2.21. The number of hydrogen-bond donors (Lipinski definition) is 1. The molecule has 4 aliphatic rings. The summed E-state index contributed by atoms with van der Waals surface area (Å²) in [4.78, 5) is 5.51. The van der Waals surface area contributed by atoms with Gasteiger partial charge in [-0.05, 0) is 63.7 Å². The van der Waals surface area contributed by atoms with Crippen LogP contribution in [0.25, 0.3) is 0 Å². The largest absolute Gasteiger partial charge is 0.330 e. The highest BCUT2D eigenvalue weighted by Crippen LogP contribution is 2.36. The van der Waals surface area contributed by atoms with Crippen molar-refractivity contribution < 1.29 is 0 Å². The first-order chi connectivity index (χ1) is 8.83. The van der Waals surface area contributed by atoms with Gasteiger partial charge in [-0.3, -0.25) is 4.90 Å². The second-order valence-corrected chi connectivity index (χ2v) is 6.53. The Hall–Kier alpha value is -0.120. The minimum atomic E-state index is 0.764. The van der Waals surface area contributed by atoms with E-state index >= 15 is 0 Å². The van der Waals surface area contributed by atoms with Crippen molar-refractivity contribution in [1.82, 2.24) is 9.80 Å². The van der Waals surface area contributed by atoms with Gasteiger partial charge in [0.25, 0.3) is 0 Å². The van der Waals surface area contributed by atoms with E-state index in [0.29, 0.717) is 0 Å². The average Bonchev–Trinajstić information content (AvgIpc) is 2.89. The van der Waals surface area contributed by atoms with Crippen LogP contribution in [0.1, 0.15) is 39.0 Å². The number of nitrogens with zero attached hydrogens (tertiary/aromatic N) is 2. The molecule has 3 saturated heterocycles. The van der Waals surface area contributed by atoms with Gasteiger partial charge in [-0.1, -0.05) is 13.3 Å². The lowest BCUT2D eigenvalue weighted by atomic mass is 9.82. The summed E-state index contributed by atoms with van der Waals surface area (Å²) >= 11 is 0. The van der Waals surface area contributed by atoms with Gasteiger partial charge in [-0.2, -0.15) is 0 Å². The molecule has 3 heterocycles. The van der Waals surface area contributed by atoms with E-state index in [1.54, 1.807) is 0 Å². The summed E-state index contributed by atoms with van der Waals surface area (Å²) < 4.78 is 0. The maximum atomic E-state index is 5.99. The quantitative estimate of drug-likeness (QED) is 0.822. The van der Waals surface area contributed by atoms with Gasteiger partial charge in [0.2, 0.25) is 0 Å². The van der Waals surface area contributed by atoms with E-state index in [4.69, 9.17) is 5.73 Å². The van der Waals surface area contributed by atoms with Crippen molar-refractivity contribution in [2.75, 3.05) is 32.7 Å². The molecule has 3 unspecified atom stereocenters. The van der Waals surface area contributed by atoms with Gasteiger partial charge in [0.1, 0.15) is 0 Å². The van der Waals surface area contributed by atoms with Crippen LogP contribution in [0.2, 0.25) is 0 Å². The fraction of sp³-hybridized carbons (Fsp3) is 1.00. The highest BCUT2D eigenvalue weighted by molar-refractivity contribution is 4.96. The Morgan fingerprint density at radius 2 is 1.89 bits per heavy atom. The topological polar surface area (TPSA) is 32.5 Å². The SMILES string of the molecule is CCN(C1CCCC1CN)C1CN2CCC1CC2. The fourth-order valence-electron chi connectivity index (χ4n) is 4.75. The number of nitrogens with two attached hydrogens (primary N) is 1. The van der Waals surface area contributed by atoms with Gasteiger partial charge in [0.05, 0.1) is 0 Å². The van der Waals surface area contributed by atoms with Gasteiger partial charge >= 0.3 is 0 Å². The van der Waals surface area contributed by atoms with Gasteiger partial charge in [0.15, 0.2) is 0 Å². The molecule has 3 atom stereocenters. The van der Waals surface area contributed by atoms with E-state index < -0.39 is 0 Å². The van der Waals surface area contributed by atoms with E-state index in [0.717, 1.165) is 30.5 Å². The van der Waals surface area contributed by atoms with Crippen LogP contribution in [0.5, 0.6) is 0 Å². The molecule has 4 fully saturated rings. The fourth-order valence-corrected chi connectivity index (χ4v) is 4.75. The molecule has 0 spiro atoms. The summed E-state index contributed by atoms with van der Waals surface area (Å²) in [7, 11) is 0. The summed E-state index contributed by atoms with van der Waals surface area (Å²) in [5.41, 5.74) is 5.99. The first kappa shape index (κ1) is 12.9. The van der Waals surface area contributed by atoms with Gasteiger partial charge < -0.3 is 10.6 Å². The number of piperidine rings is 3. The first-order valence-corrected chi connectivity index (χ1v) is 8.01. The maximum absolute atomic E-state index is 5.99. The molecular weight excluding hydrogens is 222 g/mol. The van der Waals surface area contributed by atoms with Crippen molar-refractivity contribution in [3.05, 3.63) is 0 Å². The zero-order valence-electron chi connectivity index (χ0n) is 11.9. The van der Waals surface area contributed by atoms with Crippen LogP contribution < -0.4 is 5.73 Å². The van der Waals surface area contributed by atoms with Crippen molar-refractivity contribution in [1.29, 1.82) is 0 Å². The summed E-state index contributed by atoms with van der Waals surface area (Å²) in [6, 6.07) is 1.61. The minimum Gasteiger partial charge on any atom is -0.330 e. The highest BCUT2D eigenvalue weighted by atomic mass is 15.3. The Morgan fingerprint density at radius 3 is 2.44 bits per heavy atom. The normalized spacial score (nSPS) is 43.8. The summed E-state index contributed by atoms with van der Waals surface area (Å²) in [5, 5.41) is 0. The number of likely N-dealkylation sites (N-methyl/N-ethyl adjacent to an activating group) is 1. The van der Waals surface area contributed by atoms with Crippen LogP contribution in [0.3, 0.4) is 0 Å². The molecule has 2 bridgehead atoms. The molecule has 18 heavy (non-hydrogen) atoms. The molecule has 0 radical (unpaired) electrons. The van der Waals surface area contributed by atoms with Crippen molar-refractivity contribution in [3.8, 4) is 0 Å². The highest BCUT2D eigenvalue weighted by Gasteiger charge is 2.41. The zero-order chi connectivity index (χ0) is 12.5. The monoisotopic (exact) mass is 251 g/mol. The number of hydrogen-bond acceptors (Lipinski definition) is 3. The Morgan fingerprint density at radius 1 is 1.11 bits per heavy atom. The molecule has 0 aromatic heterocycles. The second kappa shape index (κ2) is 5.48. The van der Waals surface area contributed by atoms with Crippen LogP contribution >= 0.6 is 0 Å². The molecule has 1 aliphatic carbocycles. The summed E-state index contributed by atoms with van der Waals surface area (Å²) in [5.74, 6) is 1.73. The lowest BCUT2D eigenvalue weighted by Gasteiger charge is -2.51. The van der Waals surface area contributed by atoms with Gasteiger partial charge in [0, 0.05) is 18.6 Å². The molecule has 3 aliphatic heterocycles. The standard InChI is InChI=1S/C15H29N3/c1-2-18(14-5-3-4-13(14)10-16)15-11-17-8-6-12(15)7-9-17/h12-15H,2-11,16H2,1H3. The average molecular weight is 251 g/mol. The third-order valence-corrected chi connectivity index (χ3v) is 5.76. The Kier molecular flexibility index (Phi) is 3.92. The van der Waals surface area contributed by atoms with Crippen LogP contribution in [0.15, 0.2) is 0 Å². The maximum Gasteiger partial charge on any atom is 0.0255 e. The molecule has 104 valence electrons. The second-order valence-electron chi connectivity index (χ2n) is 6.53. The molecule has 3 nitrogen and oxygen atoms in total. The molecule has 0 aromatic rings. The van der Waals surface area contributed by atoms with Crippen LogP contribution in [-0.4, -0.2) is 54.6 Å². The molecule has 3 heteroatoms. The summed E-state index contributed by atoms with van der Waals surface area (Å²) in [6.07, 6.45) is 7.00. The van der Waals surface area contributed by atoms with Crippen molar-refractivity contribution in [3.63, 3.8) is 0 Å². The van der Waals surface area contributed by atoms with Crippen molar-refractivity contribution >= 4 is 0 Å². The van der Waals surface area contributed by atoms with Gasteiger partial charge in [-0.25, -0.2) is 0 Å². The number of rotatable bonds is 4. The van der Waals surface area contributed by atoms with E-state index in [9.17, 15) is 0 Å². The minimum absolute atomic E-state index is 0.764. The van der Waals surface area contributed by atoms with Crippen LogP contribution in [0.4, 0.5) is 0 Å².